The number of hydrogen-bond donors (Lipinski definition) is 0. The molecule has 0 saturated carbocycles. The molecule has 0 amide bonds. The summed E-state index contributed by atoms with van der Waals surface area (Å²) in [4.78, 5) is 22.3. The molecule has 0 spiro atoms. The van der Waals surface area contributed by atoms with Gasteiger partial charge in [-0.25, -0.2) is 4.79 Å². The highest BCUT2D eigenvalue weighted by molar-refractivity contribution is 6.00. The van der Waals surface area contributed by atoms with Crippen LogP contribution in [0.25, 0.3) is 0 Å². The van der Waals surface area contributed by atoms with Crippen molar-refractivity contribution in [1.82, 2.24) is 0 Å². The Morgan fingerprint density at radius 1 is 1.46 bits per heavy atom. The highest BCUT2D eigenvalue weighted by atomic mass is 16.5. The first kappa shape index (κ1) is 9.96. The molecule has 0 aromatic rings. The molecule has 72 valence electrons. The third kappa shape index (κ3) is 3.01. The van der Waals surface area contributed by atoms with Crippen LogP contribution >= 0.6 is 0 Å². The van der Waals surface area contributed by atoms with Crippen molar-refractivity contribution in [3.8, 4) is 0 Å². The third-order valence-electron chi connectivity index (χ3n) is 1.81. The zero-order chi connectivity index (χ0) is 9.84. The van der Waals surface area contributed by atoms with Gasteiger partial charge in [0.05, 0.1) is 6.10 Å². The van der Waals surface area contributed by atoms with Gasteiger partial charge in [0, 0.05) is 12.0 Å². The third-order valence-corrected chi connectivity index (χ3v) is 1.81. The Kier molecular flexibility index (Phi) is 3.23. The minimum absolute atomic E-state index is 0.0296. The van der Waals surface area contributed by atoms with Crippen molar-refractivity contribution in [3.63, 3.8) is 0 Å². The Morgan fingerprint density at radius 3 is 2.69 bits per heavy atom. The summed E-state index contributed by atoms with van der Waals surface area (Å²) >= 11 is 0. The van der Waals surface area contributed by atoms with E-state index in [9.17, 15) is 9.59 Å². The molecule has 0 atom stereocenters. The zero-order valence-corrected chi connectivity index (χ0v) is 8.00. The number of carbonyl (C=O) groups is 2. The van der Waals surface area contributed by atoms with Gasteiger partial charge in [-0.05, 0) is 32.8 Å². The first-order valence-electron chi connectivity index (χ1n) is 4.54. The molecule has 13 heavy (non-hydrogen) atoms. The lowest BCUT2D eigenvalue weighted by atomic mass is 9.99. The van der Waals surface area contributed by atoms with Crippen LogP contribution in [0.3, 0.4) is 0 Å². The Balaban J connectivity index is 2.60. The van der Waals surface area contributed by atoms with Gasteiger partial charge in [0.2, 0.25) is 0 Å². The molecule has 0 unspecified atom stereocenters. The molecule has 0 N–H and O–H groups in total. The molecular formula is C10H14O3. The summed E-state index contributed by atoms with van der Waals surface area (Å²) in [6.07, 6.45) is 3.27. The maximum Gasteiger partial charge on any atom is 0.334 e. The average molecular weight is 182 g/mol. The topological polar surface area (TPSA) is 43.4 Å². The van der Waals surface area contributed by atoms with E-state index in [1.54, 1.807) is 13.8 Å². The van der Waals surface area contributed by atoms with E-state index in [1.807, 2.05) is 0 Å². The summed E-state index contributed by atoms with van der Waals surface area (Å²) < 4.78 is 4.98. The molecule has 3 heteroatoms. The van der Waals surface area contributed by atoms with E-state index in [-0.39, 0.29) is 17.9 Å². The van der Waals surface area contributed by atoms with Gasteiger partial charge >= 0.3 is 5.97 Å². The van der Waals surface area contributed by atoms with Crippen LogP contribution in [0, 0.1) is 0 Å². The summed E-state index contributed by atoms with van der Waals surface area (Å²) in [7, 11) is 0. The molecule has 1 rings (SSSR count). The Hall–Kier alpha value is -1.12. The van der Waals surface area contributed by atoms with Gasteiger partial charge in [-0.2, -0.15) is 0 Å². The number of carbonyl (C=O) groups excluding carboxylic acids is 2. The van der Waals surface area contributed by atoms with Crippen LogP contribution in [0.15, 0.2) is 11.6 Å². The first-order chi connectivity index (χ1) is 6.09. The maximum absolute atomic E-state index is 11.3. The lowest BCUT2D eigenvalue weighted by Gasteiger charge is -2.13. The molecule has 3 nitrogen and oxygen atoms in total. The van der Waals surface area contributed by atoms with Crippen LogP contribution in [-0.2, 0) is 14.3 Å². The first-order valence-corrected chi connectivity index (χ1v) is 4.54. The van der Waals surface area contributed by atoms with Gasteiger partial charge in [0.15, 0.2) is 5.78 Å². The zero-order valence-electron chi connectivity index (χ0n) is 8.00. The highest BCUT2D eigenvalue weighted by Crippen LogP contribution is 2.16. The van der Waals surface area contributed by atoms with E-state index in [2.05, 4.69) is 0 Å². The lowest BCUT2D eigenvalue weighted by molar-refractivity contribution is -0.143. The van der Waals surface area contributed by atoms with Crippen molar-refractivity contribution in [3.05, 3.63) is 11.6 Å². The van der Waals surface area contributed by atoms with E-state index < -0.39 is 0 Å². The average Bonchev–Trinajstić information content (AvgIpc) is 2.03. The Labute approximate surface area is 77.8 Å². The van der Waals surface area contributed by atoms with Crippen LogP contribution in [-0.4, -0.2) is 17.9 Å². The summed E-state index contributed by atoms with van der Waals surface area (Å²) in [5, 5.41) is 0. The summed E-state index contributed by atoms with van der Waals surface area (Å²) in [6.45, 7) is 3.59. The molecule has 1 aliphatic rings. The van der Waals surface area contributed by atoms with Crippen molar-refractivity contribution in [2.75, 3.05) is 0 Å². The van der Waals surface area contributed by atoms with Crippen LogP contribution in [0.2, 0.25) is 0 Å². The fraction of sp³-hybridized carbons (Fsp3) is 0.600. The van der Waals surface area contributed by atoms with Gasteiger partial charge in [-0.3, -0.25) is 4.79 Å². The minimum atomic E-state index is -0.344. The highest BCUT2D eigenvalue weighted by Gasteiger charge is 2.17. The number of ketones is 1. The van der Waals surface area contributed by atoms with Crippen LogP contribution in [0.1, 0.15) is 33.1 Å². The fourth-order valence-electron chi connectivity index (χ4n) is 1.24. The predicted octanol–water partition coefficient (Wildman–Crippen LogP) is 1.62. The minimum Gasteiger partial charge on any atom is -0.460 e. The normalized spacial score (nSPS) is 17.2. The quantitative estimate of drug-likeness (QED) is 0.609. The molecule has 0 radical (unpaired) electrons. The van der Waals surface area contributed by atoms with Gasteiger partial charge < -0.3 is 4.74 Å². The molecule has 1 aliphatic carbocycles. The number of allylic oxidation sites excluding steroid dienone is 1. The van der Waals surface area contributed by atoms with Crippen molar-refractivity contribution >= 4 is 11.8 Å². The maximum atomic E-state index is 11.3. The number of rotatable bonds is 2. The standard InChI is InChI=1S/C10H14O3/c1-7(2)13-10(12)8-4-3-5-9(11)6-8/h6-7H,3-5H2,1-2H3. The smallest absolute Gasteiger partial charge is 0.334 e. The monoisotopic (exact) mass is 182 g/mol. The molecular weight excluding hydrogens is 168 g/mol. The number of esters is 1. The Bertz CT molecular complexity index is 251. The van der Waals surface area contributed by atoms with Crippen LogP contribution in [0.5, 0.6) is 0 Å². The van der Waals surface area contributed by atoms with Gasteiger partial charge in [0.25, 0.3) is 0 Å². The lowest BCUT2D eigenvalue weighted by Crippen LogP contribution is -2.17. The second-order valence-corrected chi connectivity index (χ2v) is 3.44. The molecule has 0 aromatic carbocycles. The van der Waals surface area contributed by atoms with E-state index in [0.717, 1.165) is 6.42 Å². The fourth-order valence-corrected chi connectivity index (χ4v) is 1.24. The van der Waals surface area contributed by atoms with Crippen molar-refractivity contribution < 1.29 is 14.3 Å². The van der Waals surface area contributed by atoms with Crippen LogP contribution in [0.4, 0.5) is 0 Å². The predicted molar refractivity (Wildman–Crippen MR) is 48.2 cm³/mol. The molecule has 0 bridgehead atoms. The van der Waals surface area contributed by atoms with Gasteiger partial charge in [-0.1, -0.05) is 0 Å². The largest absolute Gasteiger partial charge is 0.460 e. The Morgan fingerprint density at radius 2 is 2.15 bits per heavy atom. The van der Waals surface area contributed by atoms with E-state index in [0.29, 0.717) is 18.4 Å². The second kappa shape index (κ2) is 4.21. The van der Waals surface area contributed by atoms with Crippen molar-refractivity contribution in [2.24, 2.45) is 0 Å². The van der Waals surface area contributed by atoms with E-state index >= 15 is 0 Å². The molecule has 0 fully saturated rings. The van der Waals surface area contributed by atoms with Crippen molar-refractivity contribution in [1.29, 1.82) is 0 Å². The van der Waals surface area contributed by atoms with Crippen molar-refractivity contribution in [2.45, 2.75) is 39.2 Å². The number of ether oxygens (including phenoxy) is 1. The number of hydrogen-bond acceptors (Lipinski definition) is 3. The van der Waals surface area contributed by atoms with Crippen LogP contribution < -0.4 is 0 Å². The SMILES string of the molecule is CC(C)OC(=O)C1=CC(=O)CCC1. The second-order valence-electron chi connectivity index (χ2n) is 3.44. The summed E-state index contributed by atoms with van der Waals surface area (Å²) in [6, 6.07) is 0. The van der Waals surface area contributed by atoms with Gasteiger partial charge in [-0.15, -0.1) is 0 Å². The summed E-state index contributed by atoms with van der Waals surface area (Å²) in [5.41, 5.74) is 0.518. The molecule has 0 aliphatic heterocycles. The molecule has 0 saturated heterocycles. The van der Waals surface area contributed by atoms with E-state index in [4.69, 9.17) is 4.74 Å². The van der Waals surface area contributed by atoms with Gasteiger partial charge in [0.1, 0.15) is 0 Å². The molecule has 0 heterocycles. The van der Waals surface area contributed by atoms with E-state index in [1.165, 1.54) is 6.08 Å². The summed E-state index contributed by atoms with van der Waals surface area (Å²) in [5.74, 6) is -0.315. The molecule has 0 aromatic heterocycles.